The molecule has 0 spiro atoms. The number of amides is 2. The van der Waals surface area contributed by atoms with Gasteiger partial charge in [0.2, 0.25) is 11.8 Å². The van der Waals surface area contributed by atoms with Crippen LogP contribution in [0.2, 0.25) is 0 Å². The predicted molar refractivity (Wildman–Crippen MR) is 93.8 cm³/mol. The molecule has 1 aromatic rings. The molecule has 5 nitrogen and oxygen atoms in total. The third-order valence-corrected chi connectivity index (χ3v) is 6.35. The maximum atomic E-state index is 12.9. The molecule has 3 aliphatic rings. The molecule has 3 heterocycles. The number of benzene rings is 1. The lowest BCUT2D eigenvalue weighted by molar-refractivity contribution is -0.139. The van der Waals surface area contributed by atoms with E-state index in [2.05, 4.69) is 12.1 Å². The topological polar surface area (TPSA) is 60.9 Å². The second-order valence-electron chi connectivity index (χ2n) is 7.85. The summed E-state index contributed by atoms with van der Waals surface area (Å²) in [6, 6.07) is 10.5. The average molecular weight is 342 g/mol. The smallest absolute Gasteiger partial charge is 0.242 e. The molecule has 2 amide bonds. The minimum Gasteiger partial charge on any atom is -0.396 e. The Labute approximate surface area is 148 Å². The van der Waals surface area contributed by atoms with E-state index < -0.39 is 0 Å². The molecule has 4 rings (SSSR count). The Morgan fingerprint density at radius 3 is 2.72 bits per heavy atom. The highest BCUT2D eigenvalue weighted by Gasteiger charge is 2.57. The summed E-state index contributed by atoms with van der Waals surface area (Å²) in [5.74, 6) is 0.156. The summed E-state index contributed by atoms with van der Waals surface area (Å²) in [5, 5.41) is 10.2. The zero-order chi connectivity index (χ0) is 17.4. The molecule has 2 bridgehead atoms. The molecule has 25 heavy (non-hydrogen) atoms. The number of carbonyl (C=O) groups excluding carboxylic acids is 2. The summed E-state index contributed by atoms with van der Waals surface area (Å²) in [6.45, 7) is 1.01. The van der Waals surface area contributed by atoms with Crippen molar-refractivity contribution in [3.8, 4) is 0 Å². The van der Waals surface area contributed by atoms with Crippen LogP contribution in [0.4, 0.5) is 0 Å². The van der Waals surface area contributed by atoms with Gasteiger partial charge in [0.1, 0.15) is 0 Å². The molecular formula is C20H26N2O3. The van der Waals surface area contributed by atoms with Crippen molar-refractivity contribution in [1.29, 1.82) is 0 Å². The molecule has 5 heteroatoms. The molecule has 3 atom stereocenters. The lowest BCUT2D eigenvalue weighted by Gasteiger charge is -2.36. The van der Waals surface area contributed by atoms with Crippen molar-refractivity contribution < 1.29 is 14.7 Å². The van der Waals surface area contributed by atoms with Gasteiger partial charge in [-0.3, -0.25) is 9.59 Å². The van der Waals surface area contributed by atoms with Crippen molar-refractivity contribution in [3.05, 3.63) is 35.9 Å². The van der Waals surface area contributed by atoms with Gasteiger partial charge in [-0.15, -0.1) is 0 Å². The van der Waals surface area contributed by atoms with Crippen LogP contribution >= 0.6 is 0 Å². The van der Waals surface area contributed by atoms with Crippen LogP contribution in [0.15, 0.2) is 30.3 Å². The van der Waals surface area contributed by atoms with Gasteiger partial charge in [0.05, 0.1) is 13.2 Å². The van der Waals surface area contributed by atoms with Crippen molar-refractivity contribution in [2.45, 2.75) is 50.6 Å². The third kappa shape index (κ3) is 2.84. The maximum absolute atomic E-state index is 12.9. The molecular weight excluding hydrogens is 316 g/mol. The minimum atomic E-state index is -0.241. The highest BCUT2D eigenvalue weighted by Crippen LogP contribution is 2.51. The van der Waals surface area contributed by atoms with E-state index in [-0.39, 0.29) is 42.5 Å². The monoisotopic (exact) mass is 342 g/mol. The molecule has 0 aromatic heterocycles. The third-order valence-electron chi connectivity index (χ3n) is 6.35. The molecule has 3 saturated heterocycles. The summed E-state index contributed by atoms with van der Waals surface area (Å²) < 4.78 is 0. The number of aliphatic hydroxyl groups is 1. The van der Waals surface area contributed by atoms with Gasteiger partial charge in [0, 0.05) is 30.5 Å². The average Bonchev–Trinajstić information content (AvgIpc) is 3.30. The summed E-state index contributed by atoms with van der Waals surface area (Å²) in [5.41, 5.74) is 0.973. The van der Waals surface area contributed by atoms with E-state index in [0.717, 1.165) is 32.1 Å². The Morgan fingerprint density at radius 1 is 1.24 bits per heavy atom. The Bertz CT molecular complexity index is 662. The molecule has 3 fully saturated rings. The van der Waals surface area contributed by atoms with Gasteiger partial charge in [0.25, 0.3) is 0 Å². The van der Waals surface area contributed by atoms with E-state index in [0.29, 0.717) is 13.0 Å². The number of rotatable bonds is 5. The van der Waals surface area contributed by atoms with Crippen molar-refractivity contribution in [2.24, 2.45) is 5.41 Å². The van der Waals surface area contributed by atoms with E-state index in [1.54, 1.807) is 4.90 Å². The van der Waals surface area contributed by atoms with Crippen LogP contribution in [-0.2, 0) is 16.0 Å². The van der Waals surface area contributed by atoms with Gasteiger partial charge in [0.15, 0.2) is 0 Å². The Kier molecular flexibility index (Phi) is 4.28. The van der Waals surface area contributed by atoms with Crippen LogP contribution in [0.1, 0.15) is 37.7 Å². The van der Waals surface area contributed by atoms with E-state index in [1.807, 2.05) is 23.1 Å². The number of likely N-dealkylation sites (tertiary alicyclic amines) is 1. The van der Waals surface area contributed by atoms with Crippen molar-refractivity contribution in [2.75, 3.05) is 19.7 Å². The van der Waals surface area contributed by atoms with E-state index in [4.69, 9.17) is 0 Å². The quantitative estimate of drug-likeness (QED) is 0.884. The zero-order valence-electron chi connectivity index (χ0n) is 14.6. The van der Waals surface area contributed by atoms with Crippen molar-refractivity contribution >= 4 is 11.8 Å². The number of hydrogen-bond acceptors (Lipinski definition) is 3. The first-order chi connectivity index (χ1) is 12.1. The largest absolute Gasteiger partial charge is 0.396 e. The second-order valence-corrected chi connectivity index (χ2v) is 7.85. The van der Waals surface area contributed by atoms with Crippen LogP contribution in [0, 0.1) is 5.41 Å². The van der Waals surface area contributed by atoms with E-state index in [1.165, 1.54) is 5.56 Å². The van der Waals surface area contributed by atoms with E-state index >= 15 is 0 Å². The number of hydrogen-bond donors (Lipinski definition) is 1. The van der Waals surface area contributed by atoms with Gasteiger partial charge in [-0.2, -0.15) is 0 Å². The SMILES string of the molecule is O=C1CCCN1CC(=O)N1[C@H]2CC[C@@H]1[C@@](CO)(Cc1ccccc1)C2. The fraction of sp³-hybridized carbons (Fsp3) is 0.600. The predicted octanol–water partition coefficient (Wildman–Crippen LogP) is 1.59. The Hall–Kier alpha value is -1.88. The number of nitrogens with zero attached hydrogens (tertiary/aromatic N) is 2. The van der Waals surface area contributed by atoms with Gasteiger partial charge < -0.3 is 14.9 Å². The summed E-state index contributed by atoms with van der Waals surface area (Å²) in [6.07, 6.45) is 5.06. The van der Waals surface area contributed by atoms with Crippen molar-refractivity contribution in [3.63, 3.8) is 0 Å². The summed E-state index contributed by atoms with van der Waals surface area (Å²) in [7, 11) is 0. The van der Waals surface area contributed by atoms with Crippen LogP contribution in [0.5, 0.6) is 0 Å². The fourth-order valence-corrected chi connectivity index (χ4v) is 5.20. The summed E-state index contributed by atoms with van der Waals surface area (Å²) in [4.78, 5) is 28.5. The Balaban J connectivity index is 1.51. The molecule has 0 unspecified atom stereocenters. The molecule has 1 aromatic carbocycles. The maximum Gasteiger partial charge on any atom is 0.242 e. The Morgan fingerprint density at radius 2 is 2.04 bits per heavy atom. The molecule has 0 radical (unpaired) electrons. The van der Waals surface area contributed by atoms with Crippen LogP contribution in [0.3, 0.4) is 0 Å². The standard InChI is InChI=1S/C20H26N2O3/c23-14-20(11-15-5-2-1-3-6-15)12-16-8-9-17(20)22(16)19(25)13-21-10-4-7-18(21)24/h1-3,5-6,16-17,23H,4,7-14H2/t16-,17+,20-/m0/s1. The highest BCUT2D eigenvalue weighted by molar-refractivity contribution is 5.86. The van der Waals surface area contributed by atoms with Crippen LogP contribution < -0.4 is 0 Å². The van der Waals surface area contributed by atoms with Crippen molar-refractivity contribution in [1.82, 2.24) is 9.80 Å². The van der Waals surface area contributed by atoms with Crippen LogP contribution in [-0.4, -0.2) is 58.5 Å². The number of aliphatic hydroxyl groups excluding tert-OH is 1. The molecule has 1 N–H and O–H groups in total. The second kappa shape index (κ2) is 6.45. The van der Waals surface area contributed by atoms with Gasteiger partial charge in [-0.25, -0.2) is 0 Å². The molecule has 0 saturated carbocycles. The molecule has 3 aliphatic heterocycles. The number of fused-ring (bicyclic) bond motifs is 2. The molecule has 0 aliphatic carbocycles. The first-order valence-electron chi connectivity index (χ1n) is 9.37. The van der Waals surface area contributed by atoms with Crippen LogP contribution in [0.25, 0.3) is 0 Å². The first kappa shape index (κ1) is 16.6. The highest BCUT2D eigenvalue weighted by atomic mass is 16.3. The lowest BCUT2D eigenvalue weighted by Crippen LogP contribution is -2.47. The molecule has 134 valence electrons. The van der Waals surface area contributed by atoms with Gasteiger partial charge in [-0.05, 0) is 37.7 Å². The lowest BCUT2D eigenvalue weighted by atomic mass is 9.70. The van der Waals surface area contributed by atoms with Gasteiger partial charge >= 0.3 is 0 Å². The normalized spacial score (nSPS) is 31.2. The number of carbonyl (C=O) groups is 2. The first-order valence-corrected chi connectivity index (χ1v) is 9.37. The minimum absolute atomic E-state index is 0.0612. The summed E-state index contributed by atoms with van der Waals surface area (Å²) >= 11 is 0. The van der Waals surface area contributed by atoms with Gasteiger partial charge in [-0.1, -0.05) is 30.3 Å². The fourth-order valence-electron chi connectivity index (χ4n) is 5.20. The zero-order valence-corrected chi connectivity index (χ0v) is 14.6. The van der Waals surface area contributed by atoms with E-state index in [9.17, 15) is 14.7 Å².